The van der Waals surface area contributed by atoms with Gasteiger partial charge in [-0.25, -0.2) is 19.4 Å². The Morgan fingerprint density at radius 3 is 2.18 bits per heavy atom. The maximum Gasteiger partial charge on any atom is 0.408 e. The van der Waals surface area contributed by atoms with E-state index in [9.17, 15) is 14.4 Å². The Morgan fingerprint density at radius 2 is 1.61 bits per heavy atom. The maximum atomic E-state index is 12.6. The molecule has 10 nitrogen and oxygen atoms in total. The maximum absolute atomic E-state index is 12.6. The summed E-state index contributed by atoms with van der Waals surface area (Å²) >= 11 is 0. The summed E-state index contributed by atoms with van der Waals surface area (Å²) < 4.78 is 21.3. The fourth-order valence-corrected chi connectivity index (χ4v) is 4.28. The van der Waals surface area contributed by atoms with Gasteiger partial charge in [0.25, 0.3) is 0 Å². The van der Waals surface area contributed by atoms with Gasteiger partial charge in [0, 0.05) is 5.92 Å². The normalized spacial score (nSPS) is 13.2. The number of carbonyl (C=O) groups is 3. The highest BCUT2D eigenvalue weighted by Crippen LogP contribution is 2.44. The van der Waals surface area contributed by atoms with E-state index in [0.29, 0.717) is 0 Å². The quantitative estimate of drug-likeness (QED) is 0.325. The number of hydrogen-bond acceptors (Lipinski definition) is 8. The van der Waals surface area contributed by atoms with E-state index >= 15 is 0 Å². The molecule has 1 atom stereocenters. The zero-order valence-corrected chi connectivity index (χ0v) is 22.0. The number of benzene rings is 2. The van der Waals surface area contributed by atoms with Gasteiger partial charge >= 0.3 is 18.2 Å². The predicted molar refractivity (Wildman–Crippen MR) is 138 cm³/mol. The summed E-state index contributed by atoms with van der Waals surface area (Å²) in [4.78, 5) is 41.1. The molecule has 0 spiro atoms. The average Bonchev–Trinajstić information content (AvgIpc) is 3.44. The van der Waals surface area contributed by atoms with Crippen molar-refractivity contribution in [3.63, 3.8) is 0 Å². The molecule has 0 saturated heterocycles. The molecule has 4 rings (SSSR count). The van der Waals surface area contributed by atoms with Crippen molar-refractivity contribution in [2.24, 2.45) is 0 Å². The summed E-state index contributed by atoms with van der Waals surface area (Å²) in [6.45, 7) is 6.82. The first kappa shape index (κ1) is 26.7. The fourth-order valence-electron chi connectivity index (χ4n) is 4.28. The third-order valence-electron chi connectivity index (χ3n) is 5.93. The topological polar surface area (TPSA) is 129 Å². The van der Waals surface area contributed by atoms with E-state index in [0.717, 1.165) is 22.3 Å². The third-order valence-corrected chi connectivity index (χ3v) is 5.93. The number of oxazole rings is 1. The standard InChI is InChI=1S/C28H31N3O7/c1-16(30-27(34)38-28(2,3)4)24-31-23(25(32)35-5)22(37-24)14-29-26(33)36-15-21-19-12-8-6-10-17(19)18-11-7-9-13-20(18)21/h6-13,16,21H,14-15H2,1-5H3,(H,29,33)(H,30,34). The number of carbonyl (C=O) groups excluding carboxylic acids is 3. The summed E-state index contributed by atoms with van der Waals surface area (Å²) in [5, 5.41) is 5.20. The Labute approximate surface area is 220 Å². The minimum Gasteiger partial charge on any atom is -0.464 e. The minimum atomic E-state index is -0.742. The highest BCUT2D eigenvalue weighted by atomic mass is 16.6. The second-order valence-corrected chi connectivity index (χ2v) is 9.86. The van der Waals surface area contributed by atoms with Gasteiger partial charge in [0.1, 0.15) is 18.2 Å². The van der Waals surface area contributed by atoms with Crippen molar-refractivity contribution in [3.05, 3.63) is 77.0 Å². The second-order valence-electron chi connectivity index (χ2n) is 9.86. The molecule has 1 aliphatic carbocycles. The van der Waals surface area contributed by atoms with E-state index in [1.807, 2.05) is 36.4 Å². The van der Waals surface area contributed by atoms with Gasteiger partial charge in [-0.2, -0.15) is 0 Å². The molecule has 0 aliphatic heterocycles. The molecule has 1 heterocycles. The van der Waals surface area contributed by atoms with Crippen LogP contribution in [0.1, 0.15) is 72.9 Å². The Morgan fingerprint density at radius 1 is 1.00 bits per heavy atom. The molecule has 3 aromatic rings. The number of aromatic nitrogens is 1. The lowest BCUT2D eigenvalue weighted by Crippen LogP contribution is -2.34. The molecule has 200 valence electrons. The molecule has 38 heavy (non-hydrogen) atoms. The van der Waals surface area contributed by atoms with Crippen LogP contribution >= 0.6 is 0 Å². The molecule has 1 aromatic heterocycles. The summed E-state index contributed by atoms with van der Waals surface area (Å²) in [7, 11) is 1.21. The first-order valence-electron chi connectivity index (χ1n) is 12.2. The summed E-state index contributed by atoms with van der Waals surface area (Å²) in [6.07, 6.45) is -1.35. The van der Waals surface area contributed by atoms with Crippen LogP contribution in [0, 0.1) is 0 Å². The van der Waals surface area contributed by atoms with Crippen LogP contribution in [0.2, 0.25) is 0 Å². The lowest BCUT2D eigenvalue weighted by molar-refractivity contribution is 0.0499. The van der Waals surface area contributed by atoms with Crippen molar-refractivity contribution >= 4 is 18.2 Å². The molecule has 2 N–H and O–H groups in total. The smallest absolute Gasteiger partial charge is 0.408 e. The first-order chi connectivity index (χ1) is 18.1. The third kappa shape index (κ3) is 5.96. The van der Waals surface area contributed by atoms with Gasteiger partial charge in [-0.15, -0.1) is 0 Å². The van der Waals surface area contributed by atoms with E-state index in [4.69, 9.17) is 18.6 Å². The Kier molecular flexibility index (Phi) is 7.70. The molecular weight excluding hydrogens is 490 g/mol. The zero-order valence-electron chi connectivity index (χ0n) is 22.0. The fraction of sp³-hybridized carbons (Fsp3) is 0.357. The Balaban J connectivity index is 1.40. The summed E-state index contributed by atoms with van der Waals surface area (Å²) in [5.41, 5.74) is 3.66. The molecule has 0 saturated carbocycles. The van der Waals surface area contributed by atoms with E-state index in [-0.39, 0.29) is 36.4 Å². The largest absolute Gasteiger partial charge is 0.464 e. The van der Waals surface area contributed by atoms with E-state index in [1.54, 1.807) is 27.7 Å². The lowest BCUT2D eigenvalue weighted by atomic mass is 9.98. The molecule has 10 heteroatoms. The lowest BCUT2D eigenvalue weighted by Gasteiger charge is -2.21. The molecule has 0 radical (unpaired) electrons. The highest BCUT2D eigenvalue weighted by Gasteiger charge is 2.30. The first-order valence-corrected chi connectivity index (χ1v) is 12.2. The van der Waals surface area contributed by atoms with Crippen LogP contribution in [-0.4, -0.2) is 42.5 Å². The number of fused-ring (bicyclic) bond motifs is 3. The van der Waals surface area contributed by atoms with Crippen LogP contribution in [0.25, 0.3) is 11.1 Å². The number of ether oxygens (including phenoxy) is 3. The van der Waals surface area contributed by atoms with Crippen molar-refractivity contribution in [2.75, 3.05) is 13.7 Å². The highest BCUT2D eigenvalue weighted by molar-refractivity contribution is 5.88. The predicted octanol–water partition coefficient (Wildman–Crippen LogP) is 5.09. The summed E-state index contributed by atoms with van der Waals surface area (Å²) in [5.74, 6) is -0.706. The average molecular weight is 522 g/mol. The van der Waals surface area contributed by atoms with Gasteiger partial charge in [0.2, 0.25) is 5.89 Å². The van der Waals surface area contributed by atoms with Crippen LogP contribution in [0.15, 0.2) is 52.9 Å². The van der Waals surface area contributed by atoms with Gasteiger partial charge in [-0.3, -0.25) is 0 Å². The second kappa shape index (κ2) is 11.0. The molecule has 2 aromatic carbocycles. The van der Waals surface area contributed by atoms with Gasteiger partial charge < -0.3 is 29.3 Å². The molecule has 0 fully saturated rings. The number of methoxy groups -OCH3 is 1. The summed E-state index contributed by atoms with van der Waals surface area (Å²) in [6, 6.07) is 15.4. The monoisotopic (exact) mass is 521 g/mol. The Bertz CT molecular complexity index is 1300. The van der Waals surface area contributed by atoms with Crippen molar-refractivity contribution in [1.82, 2.24) is 15.6 Å². The minimum absolute atomic E-state index is 0.0561. The Hall–Kier alpha value is -4.34. The van der Waals surface area contributed by atoms with Crippen LogP contribution in [0.5, 0.6) is 0 Å². The van der Waals surface area contributed by atoms with Crippen LogP contribution < -0.4 is 10.6 Å². The number of amides is 2. The zero-order chi connectivity index (χ0) is 27.4. The molecular formula is C28H31N3O7. The van der Waals surface area contributed by atoms with Crippen molar-refractivity contribution in [2.45, 2.75) is 51.8 Å². The number of hydrogen-bond donors (Lipinski definition) is 2. The molecule has 2 amide bonds. The van der Waals surface area contributed by atoms with Crippen molar-refractivity contribution < 1.29 is 33.0 Å². The molecule has 1 aliphatic rings. The van der Waals surface area contributed by atoms with Gasteiger partial charge in [-0.1, -0.05) is 48.5 Å². The van der Waals surface area contributed by atoms with E-state index in [1.165, 1.54) is 7.11 Å². The van der Waals surface area contributed by atoms with Gasteiger partial charge in [-0.05, 0) is 49.9 Å². The van der Waals surface area contributed by atoms with Crippen molar-refractivity contribution in [1.29, 1.82) is 0 Å². The van der Waals surface area contributed by atoms with Crippen LogP contribution in [0.3, 0.4) is 0 Å². The van der Waals surface area contributed by atoms with E-state index < -0.39 is 29.8 Å². The number of nitrogens with one attached hydrogen (secondary N) is 2. The number of nitrogens with zero attached hydrogens (tertiary/aromatic N) is 1. The van der Waals surface area contributed by atoms with Crippen molar-refractivity contribution in [3.8, 4) is 11.1 Å². The molecule has 1 unspecified atom stereocenters. The van der Waals surface area contributed by atoms with Gasteiger partial charge in [0.05, 0.1) is 13.7 Å². The number of esters is 1. The SMILES string of the molecule is COC(=O)c1nc(C(C)NC(=O)OC(C)(C)C)oc1CNC(=O)OCC1c2ccccc2-c2ccccc21. The van der Waals surface area contributed by atoms with Crippen LogP contribution in [-0.2, 0) is 20.8 Å². The van der Waals surface area contributed by atoms with Gasteiger partial charge in [0.15, 0.2) is 11.5 Å². The number of alkyl carbamates (subject to hydrolysis) is 2. The number of rotatable bonds is 7. The van der Waals surface area contributed by atoms with E-state index in [2.05, 4.69) is 27.8 Å². The molecule has 0 bridgehead atoms. The van der Waals surface area contributed by atoms with Crippen LogP contribution in [0.4, 0.5) is 9.59 Å².